The molecule has 1 heterocycles. The lowest BCUT2D eigenvalue weighted by atomic mass is 9.91. The van der Waals surface area contributed by atoms with Crippen LogP contribution >= 0.6 is 0 Å². The average Bonchev–Trinajstić information content (AvgIpc) is 2.37. The molecule has 2 amide bonds. The zero-order valence-electron chi connectivity index (χ0n) is 10.4. The second kappa shape index (κ2) is 5.75. The molecule has 1 aliphatic heterocycles. The molecule has 1 rings (SSSR count). The van der Waals surface area contributed by atoms with E-state index in [4.69, 9.17) is 9.84 Å². The minimum atomic E-state index is -2.04. The standard InChI is InChI=1S/C9H17N3O7/c1-9(17)7(10-8(16)12(2)11-18)6(15)5(14)4(3-13)19-9/h4-7,13-15,17H,3H2,1-2H3,(H,10,16)/t4?,5-,6?,7?,9+/m1/s1. The number of nitrogens with one attached hydrogen (secondary N) is 1. The third-order valence-corrected chi connectivity index (χ3v) is 2.91. The first-order chi connectivity index (χ1) is 8.74. The number of hydrogen-bond donors (Lipinski definition) is 5. The fourth-order valence-corrected chi connectivity index (χ4v) is 1.81. The normalized spacial score (nSPS) is 38.6. The Morgan fingerprint density at radius 3 is 2.53 bits per heavy atom. The second-order valence-corrected chi connectivity index (χ2v) is 4.41. The summed E-state index contributed by atoms with van der Waals surface area (Å²) in [6.45, 7) is 0.523. The summed E-state index contributed by atoms with van der Waals surface area (Å²) in [6, 6.07) is -2.39. The van der Waals surface area contributed by atoms with Crippen LogP contribution in [0.1, 0.15) is 6.92 Å². The highest BCUT2D eigenvalue weighted by Crippen LogP contribution is 2.27. The van der Waals surface area contributed by atoms with Gasteiger partial charge in [-0.25, -0.2) is 4.79 Å². The first-order valence-corrected chi connectivity index (χ1v) is 5.49. The van der Waals surface area contributed by atoms with E-state index in [-0.39, 0.29) is 0 Å². The van der Waals surface area contributed by atoms with Gasteiger partial charge in [-0.05, 0) is 6.92 Å². The molecule has 0 aromatic rings. The number of nitrogens with zero attached hydrogens (tertiary/aromatic N) is 2. The molecule has 19 heavy (non-hydrogen) atoms. The lowest BCUT2D eigenvalue weighted by Gasteiger charge is -2.46. The van der Waals surface area contributed by atoms with Gasteiger partial charge in [-0.2, -0.15) is 5.01 Å². The van der Waals surface area contributed by atoms with Crippen LogP contribution in [0.2, 0.25) is 0 Å². The Hall–Kier alpha value is -1.33. The van der Waals surface area contributed by atoms with Gasteiger partial charge in [-0.15, -0.1) is 4.91 Å². The quantitative estimate of drug-likeness (QED) is 0.283. The lowest BCUT2D eigenvalue weighted by Crippen LogP contribution is -2.69. The van der Waals surface area contributed by atoms with E-state index in [1.165, 1.54) is 0 Å². The Morgan fingerprint density at radius 2 is 2.05 bits per heavy atom. The first-order valence-electron chi connectivity index (χ1n) is 5.49. The van der Waals surface area contributed by atoms with Crippen molar-refractivity contribution >= 4 is 6.03 Å². The number of aliphatic hydroxyl groups is 4. The van der Waals surface area contributed by atoms with E-state index in [1.807, 2.05) is 0 Å². The van der Waals surface area contributed by atoms with Gasteiger partial charge >= 0.3 is 6.03 Å². The summed E-state index contributed by atoms with van der Waals surface area (Å²) < 4.78 is 4.99. The van der Waals surface area contributed by atoms with Crippen LogP contribution in [0, 0.1) is 4.91 Å². The Kier molecular flexibility index (Phi) is 4.76. The van der Waals surface area contributed by atoms with Crippen LogP contribution < -0.4 is 5.32 Å². The molecule has 5 atom stereocenters. The lowest BCUT2D eigenvalue weighted by molar-refractivity contribution is -0.309. The van der Waals surface area contributed by atoms with E-state index in [0.29, 0.717) is 5.01 Å². The highest BCUT2D eigenvalue weighted by atomic mass is 16.6. The Bertz CT molecular complexity index is 351. The molecule has 1 aliphatic rings. The van der Waals surface area contributed by atoms with E-state index in [9.17, 15) is 25.0 Å². The van der Waals surface area contributed by atoms with Crippen molar-refractivity contribution in [3.63, 3.8) is 0 Å². The highest BCUT2D eigenvalue weighted by molar-refractivity contribution is 5.74. The summed E-state index contributed by atoms with van der Waals surface area (Å²) in [6.07, 6.45) is -4.30. The Balaban J connectivity index is 2.86. The largest absolute Gasteiger partial charge is 0.394 e. The van der Waals surface area contributed by atoms with E-state index < -0.39 is 42.8 Å². The summed E-state index contributed by atoms with van der Waals surface area (Å²) >= 11 is 0. The highest BCUT2D eigenvalue weighted by Gasteiger charge is 2.51. The zero-order chi connectivity index (χ0) is 14.8. The number of carbonyl (C=O) groups excluding carboxylic acids is 1. The average molecular weight is 279 g/mol. The molecule has 1 saturated heterocycles. The third kappa shape index (κ3) is 3.16. The van der Waals surface area contributed by atoms with Gasteiger partial charge in [0.1, 0.15) is 24.4 Å². The molecule has 110 valence electrons. The topological polar surface area (TPSA) is 152 Å². The second-order valence-electron chi connectivity index (χ2n) is 4.41. The summed E-state index contributed by atoms with van der Waals surface area (Å²) in [4.78, 5) is 21.6. The molecule has 10 nitrogen and oxygen atoms in total. The predicted molar refractivity (Wildman–Crippen MR) is 60.5 cm³/mol. The molecule has 3 unspecified atom stereocenters. The monoisotopic (exact) mass is 279 g/mol. The number of aliphatic hydroxyl groups excluding tert-OH is 3. The maximum atomic E-state index is 11.4. The van der Waals surface area contributed by atoms with Crippen molar-refractivity contribution < 1.29 is 30.0 Å². The number of amides is 2. The molecule has 0 radical (unpaired) electrons. The van der Waals surface area contributed by atoms with Crippen molar-refractivity contribution in [2.75, 3.05) is 13.7 Å². The van der Waals surface area contributed by atoms with Crippen molar-refractivity contribution in [1.29, 1.82) is 0 Å². The molecule has 0 aromatic heterocycles. The molecular weight excluding hydrogens is 262 g/mol. The zero-order valence-corrected chi connectivity index (χ0v) is 10.4. The molecular formula is C9H17N3O7. The summed E-state index contributed by atoms with van der Waals surface area (Å²) in [5.74, 6) is -2.04. The van der Waals surface area contributed by atoms with Gasteiger partial charge in [-0.1, -0.05) is 0 Å². The van der Waals surface area contributed by atoms with Gasteiger partial charge in [0.05, 0.1) is 11.9 Å². The molecule has 10 heteroatoms. The smallest absolute Gasteiger partial charge is 0.340 e. The molecule has 0 bridgehead atoms. The Morgan fingerprint density at radius 1 is 1.47 bits per heavy atom. The fraction of sp³-hybridized carbons (Fsp3) is 0.889. The van der Waals surface area contributed by atoms with Gasteiger partial charge in [0.25, 0.3) is 0 Å². The van der Waals surface area contributed by atoms with Crippen LogP contribution in [0.4, 0.5) is 4.79 Å². The van der Waals surface area contributed by atoms with Gasteiger partial charge in [0, 0.05) is 7.05 Å². The van der Waals surface area contributed by atoms with Crippen molar-refractivity contribution in [3.8, 4) is 0 Å². The van der Waals surface area contributed by atoms with Gasteiger partial charge in [0.15, 0.2) is 5.79 Å². The van der Waals surface area contributed by atoms with Crippen molar-refractivity contribution in [1.82, 2.24) is 10.3 Å². The summed E-state index contributed by atoms with van der Waals surface area (Å²) in [5, 5.41) is 43.3. The molecule has 0 aromatic carbocycles. The Labute approximate surface area is 108 Å². The minimum absolute atomic E-state index is 0.410. The van der Waals surface area contributed by atoms with Crippen molar-refractivity contribution in [2.24, 2.45) is 5.29 Å². The van der Waals surface area contributed by atoms with Crippen LogP contribution in [-0.2, 0) is 4.74 Å². The summed E-state index contributed by atoms with van der Waals surface area (Å²) in [5.41, 5.74) is 0. The van der Waals surface area contributed by atoms with Crippen LogP contribution in [0.25, 0.3) is 0 Å². The molecule has 1 fully saturated rings. The maximum Gasteiger partial charge on any atom is 0.340 e. The van der Waals surface area contributed by atoms with Crippen LogP contribution in [-0.4, -0.2) is 75.3 Å². The first kappa shape index (κ1) is 15.7. The predicted octanol–water partition coefficient (Wildman–Crippen LogP) is -2.50. The molecule has 0 aliphatic carbocycles. The van der Waals surface area contributed by atoms with Crippen LogP contribution in [0.5, 0.6) is 0 Å². The van der Waals surface area contributed by atoms with Gasteiger partial charge in [-0.3, -0.25) is 0 Å². The fourth-order valence-electron chi connectivity index (χ4n) is 1.81. The van der Waals surface area contributed by atoms with Gasteiger partial charge in [0.2, 0.25) is 0 Å². The molecule has 0 spiro atoms. The maximum absolute atomic E-state index is 11.4. The number of carbonyl (C=O) groups is 1. The number of rotatable bonds is 3. The van der Waals surface area contributed by atoms with Crippen molar-refractivity contribution in [2.45, 2.75) is 37.1 Å². The van der Waals surface area contributed by atoms with E-state index in [2.05, 4.69) is 10.6 Å². The van der Waals surface area contributed by atoms with E-state index in [1.54, 1.807) is 0 Å². The SMILES string of the molecule is CN(N=O)C(=O)NC1C(O)[C@H](O)C(CO)O[C@]1(C)O. The van der Waals surface area contributed by atoms with E-state index in [0.717, 1.165) is 14.0 Å². The number of urea groups is 1. The van der Waals surface area contributed by atoms with Crippen LogP contribution in [0.3, 0.4) is 0 Å². The van der Waals surface area contributed by atoms with E-state index >= 15 is 0 Å². The minimum Gasteiger partial charge on any atom is -0.394 e. The number of nitroso groups, excluding NO2 is 1. The number of ether oxygens (including phenoxy) is 1. The number of hydrogen-bond acceptors (Lipinski definition) is 8. The summed E-state index contributed by atoms with van der Waals surface area (Å²) in [7, 11) is 1.07. The van der Waals surface area contributed by atoms with Crippen molar-refractivity contribution in [3.05, 3.63) is 4.91 Å². The van der Waals surface area contributed by atoms with Gasteiger partial charge < -0.3 is 30.5 Å². The molecule has 5 N–H and O–H groups in total. The third-order valence-electron chi connectivity index (χ3n) is 2.91. The molecule has 0 saturated carbocycles. The van der Waals surface area contributed by atoms with Crippen LogP contribution in [0.15, 0.2) is 5.29 Å².